The van der Waals surface area contributed by atoms with Crippen LogP contribution in [0.1, 0.15) is 12.0 Å². The van der Waals surface area contributed by atoms with Crippen LogP contribution in [-0.4, -0.2) is 60.3 Å². The second-order valence-corrected chi connectivity index (χ2v) is 9.22. The molecule has 4 heterocycles. The van der Waals surface area contributed by atoms with Crippen LogP contribution in [0.2, 0.25) is 0 Å². The molecule has 5 rings (SSSR count). The number of fused-ring (bicyclic) bond motifs is 2. The van der Waals surface area contributed by atoms with Gasteiger partial charge in [0, 0.05) is 48.5 Å². The smallest absolute Gasteiger partial charge is 0.256 e. The standard InChI is InChI=1S/C21H19FN4O3S/c22-16-2-3-17-18(12-23-19(17)11-16)14-5-7-25(8-6-14)21(27)15-1-4-20-24-30(28,29)10-9-26(20)13-15/h1-5,11-13,23H,6-10H2. The van der Waals surface area contributed by atoms with E-state index in [1.807, 2.05) is 12.3 Å². The Balaban J connectivity index is 1.33. The summed E-state index contributed by atoms with van der Waals surface area (Å²) in [6, 6.07) is 4.69. The van der Waals surface area contributed by atoms with Crippen LogP contribution < -0.4 is 0 Å². The predicted octanol–water partition coefficient (Wildman–Crippen LogP) is 2.42. The van der Waals surface area contributed by atoms with E-state index < -0.39 is 10.0 Å². The SMILES string of the molecule is O=C(C1=CN2CCS(=O)(=O)N=C2C=C1)N1CC=C(c2c[nH]c3cc(F)ccc23)CC1. The molecule has 0 unspecified atom stereocenters. The van der Waals surface area contributed by atoms with E-state index in [4.69, 9.17) is 0 Å². The van der Waals surface area contributed by atoms with Gasteiger partial charge < -0.3 is 14.8 Å². The Hall–Kier alpha value is -3.20. The number of amidine groups is 1. The summed E-state index contributed by atoms with van der Waals surface area (Å²) in [7, 11) is -3.42. The minimum Gasteiger partial charge on any atom is -0.360 e. The lowest BCUT2D eigenvalue weighted by Crippen LogP contribution is -2.40. The largest absolute Gasteiger partial charge is 0.360 e. The van der Waals surface area contributed by atoms with Crippen LogP contribution in [-0.2, 0) is 14.8 Å². The highest BCUT2D eigenvalue weighted by molar-refractivity contribution is 7.90. The molecule has 154 valence electrons. The topological polar surface area (TPSA) is 85.8 Å². The average Bonchev–Trinajstić information content (AvgIpc) is 3.15. The van der Waals surface area contributed by atoms with Crippen molar-refractivity contribution in [3.8, 4) is 0 Å². The Morgan fingerprint density at radius 2 is 2.07 bits per heavy atom. The van der Waals surface area contributed by atoms with Gasteiger partial charge in [0.05, 0.1) is 11.3 Å². The van der Waals surface area contributed by atoms with E-state index in [1.165, 1.54) is 12.1 Å². The maximum Gasteiger partial charge on any atom is 0.256 e. The predicted molar refractivity (Wildman–Crippen MR) is 113 cm³/mol. The summed E-state index contributed by atoms with van der Waals surface area (Å²) in [6.45, 7) is 1.33. The van der Waals surface area contributed by atoms with Crippen LogP contribution in [0.5, 0.6) is 0 Å². The van der Waals surface area contributed by atoms with Gasteiger partial charge in [-0.2, -0.15) is 0 Å². The molecule has 0 saturated carbocycles. The lowest BCUT2D eigenvalue weighted by atomic mass is 9.98. The van der Waals surface area contributed by atoms with Crippen LogP contribution in [0, 0.1) is 5.82 Å². The first-order valence-electron chi connectivity index (χ1n) is 9.64. The number of hydrogen-bond donors (Lipinski definition) is 1. The van der Waals surface area contributed by atoms with Crippen molar-refractivity contribution in [1.82, 2.24) is 14.8 Å². The number of aromatic amines is 1. The number of halogens is 1. The molecule has 7 nitrogen and oxygen atoms in total. The van der Waals surface area contributed by atoms with Crippen molar-refractivity contribution in [1.29, 1.82) is 0 Å². The molecule has 0 bridgehead atoms. The number of H-pyrrole nitrogens is 1. The summed E-state index contributed by atoms with van der Waals surface area (Å²) < 4.78 is 40.4. The van der Waals surface area contributed by atoms with Crippen molar-refractivity contribution >= 4 is 38.2 Å². The molecule has 1 N–H and O–H groups in total. The fourth-order valence-electron chi connectivity index (χ4n) is 3.97. The van der Waals surface area contributed by atoms with Gasteiger partial charge in [-0.25, -0.2) is 12.8 Å². The van der Waals surface area contributed by atoms with E-state index in [-0.39, 0.29) is 24.0 Å². The Bertz CT molecular complexity index is 1290. The van der Waals surface area contributed by atoms with Crippen LogP contribution in [0.25, 0.3) is 16.5 Å². The Kier molecular flexibility index (Phi) is 4.35. The van der Waals surface area contributed by atoms with Crippen molar-refractivity contribution in [2.45, 2.75) is 6.42 Å². The second-order valence-electron chi connectivity index (χ2n) is 7.47. The Morgan fingerprint density at radius 1 is 1.20 bits per heavy atom. The second kappa shape index (κ2) is 6.94. The molecule has 1 amide bonds. The molecule has 1 aromatic heterocycles. The van der Waals surface area contributed by atoms with Gasteiger partial charge in [-0.3, -0.25) is 4.79 Å². The molecule has 2 aromatic rings. The molecule has 0 atom stereocenters. The van der Waals surface area contributed by atoms with Gasteiger partial charge in [-0.15, -0.1) is 4.40 Å². The first kappa shape index (κ1) is 18.8. The maximum atomic E-state index is 13.4. The molecule has 0 spiro atoms. The lowest BCUT2D eigenvalue weighted by Gasteiger charge is -2.30. The van der Waals surface area contributed by atoms with Gasteiger partial charge in [0.2, 0.25) is 0 Å². The summed E-state index contributed by atoms with van der Waals surface area (Å²) >= 11 is 0. The summed E-state index contributed by atoms with van der Waals surface area (Å²) in [6.07, 6.45) is 9.46. The number of benzene rings is 1. The van der Waals surface area contributed by atoms with Gasteiger partial charge >= 0.3 is 0 Å². The number of nitrogens with one attached hydrogen (secondary N) is 1. The Labute approximate surface area is 172 Å². The van der Waals surface area contributed by atoms with E-state index in [0.29, 0.717) is 30.9 Å². The number of carbonyl (C=O) groups is 1. The Morgan fingerprint density at radius 3 is 2.87 bits per heavy atom. The van der Waals surface area contributed by atoms with Crippen molar-refractivity contribution < 1.29 is 17.6 Å². The third-order valence-corrected chi connectivity index (χ3v) is 6.72. The highest BCUT2D eigenvalue weighted by Crippen LogP contribution is 2.30. The first-order valence-corrected chi connectivity index (χ1v) is 11.2. The van der Waals surface area contributed by atoms with Crippen LogP contribution in [0.3, 0.4) is 0 Å². The van der Waals surface area contributed by atoms with Gasteiger partial charge in [-0.1, -0.05) is 6.08 Å². The fourth-order valence-corrected chi connectivity index (χ4v) is 4.94. The molecule has 9 heteroatoms. The van der Waals surface area contributed by atoms with Crippen LogP contribution in [0.15, 0.2) is 58.8 Å². The number of carbonyl (C=O) groups excluding carboxylic acids is 1. The molecule has 1 aromatic carbocycles. The summed E-state index contributed by atoms with van der Waals surface area (Å²) in [5.74, 6) is -0.102. The molecule has 0 aliphatic carbocycles. The van der Waals surface area contributed by atoms with Crippen LogP contribution in [0.4, 0.5) is 4.39 Å². The lowest BCUT2D eigenvalue weighted by molar-refractivity contribution is -0.126. The van der Waals surface area contributed by atoms with Crippen molar-refractivity contribution in [2.75, 3.05) is 25.4 Å². The van der Waals surface area contributed by atoms with E-state index in [2.05, 4.69) is 9.38 Å². The number of aromatic nitrogens is 1. The zero-order valence-corrected chi connectivity index (χ0v) is 16.8. The van der Waals surface area contributed by atoms with Gasteiger partial charge in [-0.05, 0) is 42.3 Å². The number of rotatable bonds is 2. The fraction of sp³-hybridized carbons (Fsp3) is 0.238. The van der Waals surface area contributed by atoms with E-state index >= 15 is 0 Å². The molecule has 0 radical (unpaired) electrons. The van der Waals surface area contributed by atoms with Crippen molar-refractivity contribution in [3.05, 3.63) is 65.8 Å². The molecule has 0 saturated heterocycles. The number of hydrogen-bond acceptors (Lipinski definition) is 4. The zero-order valence-electron chi connectivity index (χ0n) is 16.0. The van der Waals surface area contributed by atoms with E-state index in [9.17, 15) is 17.6 Å². The summed E-state index contributed by atoms with van der Waals surface area (Å²) in [5, 5.41) is 0.965. The van der Waals surface area contributed by atoms with E-state index in [0.717, 1.165) is 22.0 Å². The van der Waals surface area contributed by atoms with Crippen molar-refractivity contribution in [2.24, 2.45) is 4.40 Å². The van der Waals surface area contributed by atoms with Gasteiger partial charge in [0.1, 0.15) is 11.7 Å². The van der Waals surface area contributed by atoms with Crippen LogP contribution >= 0.6 is 0 Å². The normalized spacial score (nSPS) is 20.5. The number of nitrogens with zero attached hydrogens (tertiary/aromatic N) is 3. The average molecular weight is 426 g/mol. The first-order chi connectivity index (χ1) is 14.4. The molecule has 30 heavy (non-hydrogen) atoms. The third kappa shape index (κ3) is 3.35. The third-order valence-electron chi connectivity index (χ3n) is 5.56. The highest BCUT2D eigenvalue weighted by atomic mass is 32.2. The molecule has 3 aliphatic rings. The van der Waals surface area contributed by atoms with Gasteiger partial charge in [0.25, 0.3) is 15.9 Å². The molecular formula is C21H19FN4O3S. The quantitative estimate of drug-likeness (QED) is 0.799. The number of amides is 1. The van der Waals surface area contributed by atoms with Crippen molar-refractivity contribution in [3.63, 3.8) is 0 Å². The maximum absolute atomic E-state index is 13.4. The summed E-state index contributed by atoms with van der Waals surface area (Å²) in [5.41, 5.74) is 3.42. The zero-order chi connectivity index (χ0) is 20.9. The monoisotopic (exact) mass is 426 g/mol. The van der Waals surface area contributed by atoms with Gasteiger partial charge in [0.15, 0.2) is 0 Å². The molecule has 3 aliphatic heterocycles. The highest BCUT2D eigenvalue weighted by Gasteiger charge is 2.27. The minimum absolute atomic E-state index is 0.0629. The summed E-state index contributed by atoms with van der Waals surface area (Å²) in [4.78, 5) is 19.5. The number of sulfonamides is 1. The van der Waals surface area contributed by atoms with E-state index in [1.54, 1.807) is 34.2 Å². The minimum atomic E-state index is -3.42. The molecular weight excluding hydrogens is 407 g/mol. The molecule has 0 fully saturated rings.